The maximum atomic E-state index is 12.0. The number of unbranched alkanes of at least 4 members (excludes halogenated alkanes) is 4. The van der Waals surface area contributed by atoms with Crippen LogP contribution in [0, 0.1) is 0 Å². The number of aliphatic carboxylic acids is 1. The van der Waals surface area contributed by atoms with E-state index in [1.54, 1.807) is 0 Å². The number of hydrogen-bond acceptors (Lipinski definition) is 2. The molecule has 0 fully saturated rings. The van der Waals surface area contributed by atoms with Crippen LogP contribution < -0.4 is 5.32 Å². The summed E-state index contributed by atoms with van der Waals surface area (Å²) in [7, 11) is 0. The molecule has 0 heterocycles. The molecule has 0 aliphatic heterocycles. The molecule has 0 saturated heterocycles. The van der Waals surface area contributed by atoms with Crippen LogP contribution in [0.25, 0.3) is 10.8 Å². The van der Waals surface area contributed by atoms with Gasteiger partial charge in [0.05, 0.1) is 0 Å². The SMILES string of the molecule is CCCCCCCC(=O)NC(Cc1ccc2ccccc2c1)C(=O)O. The number of benzene rings is 2. The lowest BCUT2D eigenvalue weighted by atomic mass is 10.0. The fourth-order valence-electron chi connectivity index (χ4n) is 2.96. The smallest absolute Gasteiger partial charge is 0.326 e. The lowest BCUT2D eigenvalue weighted by Gasteiger charge is -2.15. The van der Waals surface area contributed by atoms with Gasteiger partial charge >= 0.3 is 5.97 Å². The topological polar surface area (TPSA) is 66.4 Å². The molecule has 2 aromatic carbocycles. The normalized spacial score (nSPS) is 12.0. The van der Waals surface area contributed by atoms with Crippen molar-refractivity contribution in [3.8, 4) is 0 Å². The molecule has 0 aromatic heterocycles. The molecule has 0 saturated carbocycles. The number of hydrogen-bond donors (Lipinski definition) is 2. The fraction of sp³-hybridized carbons (Fsp3) is 0.429. The Balaban J connectivity index is 1.91. The van der Waals surface area contributed by atoms with Gasteiger partial charge in [-0.3, -0.25) is 4.79 Å². The van der Waals surface area contributed by atoms with Crippen molar-refractivity contribution in [1.29, 1.82) is 0 Å². The molecule has 0 bridgehead atoms. The number of amides is 1. The highest BCUT2D eigenvalue weighted by atomic mass is 16.4. The van der Waals surface area contributed by atoms with Gasteiger partial charge in [-0.15, -0.1) is 0 Å². The van der Waals surface area contributed by atoms with E-state index in [0.29, 0.717) is 12.8 Å². The second kappa shape index (κ2) is 9.82. The Morgan fingerprint density at radius 2 is 1.72 bits per heavy atom. The van der Waals surface area contributed by atoms with E-state index in [9.17, 15) is 14.7 Å². The second-order valence-electron chi connectivity index (χ2n) is 6.51. The van der Waals surface area contributed by atoms with E-state index in [0.717, 1.165) is 35.6 Å². The van der Waals surface area contributed by atoms with E-state index in [2.05, 4.69) is 12.2 Å². The van der Waals surface area contributed by atoms with Gasteiger partial charge in [0.25, 0.3) is 0 Å². The number of carboxylic acid groups (broad SMARTS) is 1. The molecule has 0 aliphatic rings. The summed E-state index contributed by atoms with van der Waals surface area (Å²) in [6.07, 6.45) is 5.99. The Bertz CT molecular complexity index is 711. The van der Waals surface area contributed by atoms with Crippen LogP contribution >= 0.6 is 0 Å². The number of carboxylic acids is 1. The number of fused-ring (bicyclic) bond motifs is 1. The predicted molar refractivity (Wildman–Crippen MR) is 101 cm³/mol. The highest BCUT2D eigenvalue weighted by Gasteiger charge is 2.20. The first kappa shape index (κ1) is 19.0. The number of carbonyl (C=O) groups excluding carboxylic acids is 1. The minimum absolute atomic E-state index is 0.176. The van der Waals surface area contributed by atoms with Gasteiger partial charge in [-0.1, -0.05) is 75.1 Å². The van der Waals surface area contributed by atoms with Gasteiger partial charge in [-0.2, -0.15) is 0 Å². The largest absolute Gasteiger partial charge is 0.480 e. The van der Waals surface area contributed by atoms with Gasteiger partial charge in [0.15, 0.2) is 0 Å². The highest BCUT2D eigenvalue weighted by Crippen LogP contribution is 2.17. The van der Waals surface area contributed by atoms with E-state index in [4.69, 9.17) is 0 Å². The summed E-state index contributed by atoms with van der Waals surface area (Å²) in [5.74, 6) is -1.17. The monoisotopic (exact) mass is 341 g/mol. The summed E-state index contributed by atoms with van der Waals surface area (Å²) in [4.78, 5) is 23.5. The third-order valence-electron chi connectivity index (χ3n) is 4.39. The summed E-state index contributed by atoms with van der Waals surface area (Å²) >= 11 is 0. The Morgan fingerprint density at radius 1 is 1.00 bits per heavy atom. The van der Waals surface area contributed by atoms with E-state index >= 15 is 0 Å². The van der Waals surface area contributed by atoms with Gasteiger partial charge in [0.2, 0.25) is 5.91 Å². The summed E-state index contributed by atoms with van der Waals surface area (Å²) in [6, 6.07) is 13.0. The van der Waals surface area contributed by atoms with E-state index < -0.39 is 12.0 Å². The number of nitrogens with one attached hydrogen (secondary N) is 1. The molecule has 1 unspecified atom stereocenters. The number of carbonyl (C=O) groups is 2. The molecule has 2 N–H and O–H groups in total. The second-order valence-corrected chi connectivity index (χ2v) is 6.51. The third-order valence-corrected chi connectivity index (χ3v) is 4.39. The van der Waals surface area contributed by atoms with Crippen LogP contribution in [0.4, 0.5) is 0 Å². The van der Waals surface area contributed by atoms with E-state index in [1.165, 1.54) is 12.8 Å². The first-order chi connectivity index (χ1) is 12.1. The first-order valence-corrected chi connectivity index (χ1v) is 9.10. The Morgan fingerprint density at radius 3 is 2.44 bits per heavy atom. The van der Waals surface area contributed by atoms with Crippen molar-refractivity contribution in [2.24, 2.45) is 0 Å². The predicted octanol–water partition coefficient (Wildman–Crippen LogP) is 4.31. The zero-order chi connectivity index (χ0) is 18.1. The Kier molecular flexibility index (Phi) is 7.45. The van der Waals surface area contributed by atoms with Crippen LogP contribution in [0.3, 0.4) is 0 Å². The lowest BCUT2D eigenvalue weighted by molar-refractivity contribution is -0.141. The summed E-state index contributed by atoms with van der Waals surface area (Å²) in [6.45, 7) is 2.15. The molecule has 1 amide bonds. The summed E-state index contributed by atoms with van der Waals surface area (Å²) < 4.78 is 0. The average molecular weight is 341 g/mol. The quantitative estimate of drug-likeness (QED) is 0.633. The minimum atomic E-state index is -0.993. The van der Waals surface area contributed by atoms with Crippen LogP contribution in [0.5, 0.6) is 0 Å². The van der Waals surface area contributed by atoms with Gasteiger partial charge in [-0.25, -0.2) is 4.79 Å². The molecular weight excluding hydrogens is 314 g/mol. The van der Waals surface area contributed by atoms with Crippen LogP contribution in [0.2, 0.25) is 0 Å². The van der Waals surface area contributed by atoms with Crippen molar-refractivity contribution in [3.05, 3.63) is 48.0 Å². The van der Waals surface area contributed by atoms with Crippen LogP contribution in [0.1, 0.15) is 51.0 Å². The number of rotatable bonds is 10. The zero-order valence-electron chi connectivity index (χ0n) is 14.8. The zero-order valence-corrected chi connectivity index (χ0v) is 14.8. The molecule has 4 nitrogen and oxygen atoms in total. The molecule has 0 spiro atoms. The Hall–Kier alpha value is -2.36. The first-order valence-electron chi connectivity index (χ1n) is 9.10. The summed E-state index contributed by atoms with van der Waals surface area (Å²) in [5.41, 5.74) is 0.911. The van der Waals surface area contributed by atoms with Gasteiger partial charge in [0, 0.05) is 12.8 Å². The minimum Gasteiger partial charge on any atom is -0.480 e. The van der Waals surface area contributed by atoms with Gasteiger partial charge < -0.3 is 10.4 Å². The van der Waals surface area contributed by atoms with E-state index in [-0.39, 0.29) is 5.91 Å². The maximum absolute atomic E-state index is 12.0. The van der Waals surface area contributed by atoms with Crippen molar-refractivity contribution in [2.75, 3.05) is 0 Å². The molecule has 1 atom stereocenters. The van der Waals surface area contributed by atoms with Crippen LogP contribution in [0.15, 0.2) is 42.5 Å². The molecule has 0 radical (unpaired) electrons. The Labute approximate surface area is 149 Å². The van der Waals surface area contributed by atoms with Crippen molar-refractivity contribution >= 4 is 22.6 Å². The lowest BCUT2D eigenvalue weighted by Crippen LogP contribution is -2.42. The average Bonchev–Trinajstić information content (AvgIpc) is 2.61. The molecule has 134 valence electrons. The van der Waals surface area contributed by atoms with Crippen molar-refractivity contribution in [2.45, 2.75) is 57.9 Å². The maximum Gasteiger partial charge on any atom is 0.326 e. The van der Waals surface area contributed by atoms with Gasteiger partial charge in [0.1, 0.15) is 6.04 Å². The standard InChI is InChI=1S/C21H27NO3/c1-2-3-4-5-6-11-20(23)22-19(21(24)25)15-16-12-13-17-9-7-8-10-18(17)14-16/h7-10,12-14,19H,2-6,11,15H2,1H3,(H,22,23)(H,24,25). The summed E-state index contributed by atoms with van der Waals surface area (Å²) in [5, 5.41) is 14.3. The van der Waals surface area contributed by atoms with E-state index in [1.807, 2.05) is 42.5 Å². The molecular formula is C21H27NO3. The van der Waals surface area contributed by atoms with Crippen LogP contribution in [-0.2, 0) is 16.0 Å². The fourth-order valence-corrected chi connectivity index (χ4v) is 2.96. The highest BCUT2D eigenvalue weighted by molar-refractivity contribution is 5.85. The van der Waals surface area contributed by atoms with Gasteiger partial charge in [-0.05, 0) is 22.8 Å². The molecule has 2 rings (SSSR count). The molecule has 25 heavy (non-hydrogen) atoms. The van der Waals surface area contributed by atoms with Crippen molar-refractivity contribution in [3.63, 3.8) is 0 Å². The molecule has 4 heteroatoms. The van der Waals surface area contributed by atoms with Crippen molar-refractivity contribution in [1.82, 2.24) is 5.32 Å². The van der Waals surface area contributed by atoms with Crippen LogP contribution in [-0.4, -0.2) is 23.0 Å². The molecule has 0 aliphatic carbocycles. The molecule has 2 aromatic rings. The van der Waals surface area contributed by atoms with Crippen molar-refractivity contribution < 1.29 is 14.7 Å². The third kappa shape index (κ3) is 6.22.